The maximum absolute atomic E-state index is 14.1. The largest absolute Gasteiger partial charge is 0.493 e. The van der Waals surface area contributed by atoms with E-state index in [2.05, 4.69) is 35.5 Å². The van der Waals surface area contributed by atoms with E-state index < -0.39 is 6.04 Å². The zero-order chi connectivity index (χ0) is 31.7. The summed E-state index contributed by atoms with van der Waals surface area (Å²) in [5.74, 6) is 1.32. The number of nitrogens with one attached hydrogen (secondary N) is 3. The molecule has 1 aliphatic carbocycles. The van der Waals surface area contributed by atoms with Gasteiger partial charge in [-0.1, -0.05) is 44.2 Å². The van der Waals surface area contributed by atoms with E-state index >= 15 is 0 Å². The molecule has 3 N–H and O–H groups in total. The molecule has 0 saturated carbocycles. The average molecular weight is 609 g/mol. The summed E-state index contributed by atoms with van der Waals surface area (Å²) in [4.78, 5) is 33.2. The van der Waals surface area contributed by atoms with Gasteiger partial charge in [-0.15, -0.1) is 0 Å². The molecule has 9 nitrogen and oxygen atoms in total. The van der Waals surface area contributed by atoms with E-state index in [0.29, 0.717) is 48.6 Å². The highest BCUT2D eigenvalue weighted by Crippen LogP contribution is 2.50. The normalized spacial score (nSPS) is 17.2. The average Bonchev–Trinajstić information content (AvgIpc) is 3.38. The molecular formula is C36H40N4O5. The number of ketones is 1. The summed E-state index contributed by atoms with van der Waals surface area (Å²) in [6, 6.07) is 19.2. The van der Waals surface area contributed by atoms with Gasteiger partial charge in [-0.3, -0.25) is 9.59 Å². The Labute approximate surface area is 263 Å². The number of Topliss-reactive ketones (excluding diaryl/α,β-unsaturated/α-hetero) is 1. The number of allylic oxidation sites excluding steroid dienone is 1. The molecule has 6 rings (SSSR count). The van der Waals surface area contributed by atoms with E-state index in [1.165, 1.54) is 0 Å². The van der Waals surface area contributed by atoms with Gasteiger partial charge in [0.05, 0.1) is 45.3 Å². The van der Waals surface area contributed by atoms with Crippen LogP contribution in [-0.4, -0.2) is 51.1 Å². The van der Waals surface area contributed by atoms with E-state index in [0.717, 1.165) is 39.1 Å². The number of amides is 1. The SMILES string of the molecule is COc1cc(C2C3=C(CC(C)(C)CC3=O)Nc3ccccc3N2CC(=O)NCCc2c[nH]c3ccccc23)cc(OC)c1OC. The molecule has 1 aliphatic heterocycles. The number of hydrogen-bond acceptors (Lipinski definition) is 7. The quantitative estimate of drug-likeness (QED) is 0.209. The third-order valence-electron chi connectivity index (χ3n) is 8.71. The fourth-order valence-electron chi connectivity index (χ4n) is 6.72. The summed E-state index contributed by atoms with van der Waals surface area (Å²) in [7, 11) is 4.71. The van der Waals surface area contributed by atoms with Crippen LogP contribution in [0, 0.1) is 5.41 Å². The summed E-state index contributed by atoms with van der Waals surface area (Å²) in [6.07, 6.45) is 3.77. The van der Waals surface area contributed by atoms with Gasteiger partial charge in [-0.05, 0) is 59.7 Å². The number of ether oxygens (including phenoxy) is 3. The van der Waals surface area contributed by atoms with Gasteiger partial charge < -0.3 is 34.7 Å². The summed E-state index contributed by atoms with van der Waals surface area (Å²) in [5.41, 5.74) is 5.94. The van der Waals surface area contributed by atoms with Crippen molar-refractivity contribution < 1.29 is 23.8 Å². The first-order valence-corrected chi connectivity index (χ1v) is 15.2. The molecule has 45 heavy (non-hydrogen) atoms. The van der Waals surface area contributed by atoms with Crippen LogP contribution >= 0.6 is 0 Å². The highest BCUT2D eigenvalue weighted by molar-refractivity contribution is 6.02. The predicted octanol–water partition coefficient (Wildman–Crippen LogP) is 6.17. The fraction of sp³-hybridized carbons (Fsp3) is 0.333. The van der Waals surface area contributed by atoms with Gasteiger partial charge in [-0.2, -0.15) is 0 Å². The van der Waals surface area contributed by atoms with Crippen molar-refractivity contribution in [1.82, 2.24) is 10.3 Å². The van der Waals surface area contributed by atoms with Crippen LogP contribution in [0.15, 0.2) is 78.1 Å². The standard InChI is InChI=1S/C36H40N4O5/c1-36(2)18-27-33(29(41)19-36)34(23-16-30(43-3)35(45-5)31(17-23)44-4)40(28-13-9-8-12-26(28)39-27)21-32(42)37-15-14-22-20-38-25-11-7-6-10-24(22)25/h6-13,16-17,20,34,38-39H,14-15,18-19,21H2,1-5H3,(H,37,42). The second-order valence-corrected chi connectivity index (χ2v) is 12.4. The number of fused-ring (bicyclic) bond motifs is 2. The topological polar surface area (TPSA) is 105 Å². The third-order valence-corrected chi connectivity index (χ3v) is 8.71. The van der Waals surface area contributed by atoms with Crippen LogP contribution < -0.4 is 29.7 Å². The van der Waals surface area contributed by atoms with Gasteiger partial charge in [-0.25, -0.2) is 0 Å². The number of para-hydroxylation sites is 3. The summed E-state index contributed by atoms with van der Waals surface area (Å²) in [5, 5.41) is 7.89. The van der Waals surface area contributed by atoms with Crippen LogP contribution in [0.4, 0.5) is 11.4 Å². The van der Waals surface area contributed by atoms with Gasteiger partial charge in [0.15, 0.2) is 17.3 Å². The molecule has 2 heterocycles. The van der Waals surface area contributed by atoms with Crippen LogP contribution in [0.2, 0.25) is 0 Å². The molecule has 2 aliphatic rings. The minimum absolute atomic E-state index is 0.0291. The van der Waals surface area contributed by atoms with Gasteiger partial charge in [0.25, 0.3) is 0 Å². The van der Waals surface area contributed by atoms with Gasteiger partial charge >= 0.3 is 0 Å². The number of anilines is 2. The Kier molecular flexibility index (Phi) is 8.18. The van der Waals surface area contributed by atoms with E-state index in [-0.39, 0.29) is 23.7 Å². The van der Waals surface area contributed by atoms with Crippen LogP contribution in [0.1, 0.15) is 43.9 Å². The number of aromatic amines is 1. The molecule has 1 unspecified atom stereocenters. The molecule has 3 aromatic carbocycles. The van der Waals surface area contributed by atoms with Crippen molar-refractivity contribution in [3.8, 4) is 17.2 Å². The van der Waals surface area contributed by atoms with Crippen molar-refractivity contribution in [2.75, 3.05) is 44.6 Å². The van der Waals surface area contributed by atoms with Gasteiger partial charge in [0.2, 0.25) is 11.7 Å². The van der Waals surface area contributed by atoms with Crippen molar-refractivity contribution in [3.05, 3.63) is 89.3 Å². The zero-order valence-electron chi connectivity index (χ0n) is 26.5. The summed E-state index contributed by atoms with van der Waals surface area (Å²) >= 11 is 0. The van der Waals surface area contributed by atoms with E-state index in [9.17, 15) is 9.59 Å². The number of H-pyrrole nitrogens is 1. The minimum atomic E-state index is -0.590. The number of rotatable bonds is 9. The Morgan fingerprint density at radius 3 is 2.42 bits per heavy atom. The smallest absolute Gasteiger partial charge is 0.239 e. The van der Waals surface area contributed by atoms with Gasteiger partial charge in [0, 0.05) is 41.3 Å². The molecular weight excluding hydrogens is 568 g/mol. The number of benzene rings is 3. The van der Waals surface area contributed by atoms with E-state index in [1.807, 2.05) is 65.7 Å². The maximum atomic E-state index is 14.1. The van der Waals surface area contributed by atoms with Gasteiger partial charge in [0.1, 0.15) is 0 Å². The Bertz CT molecular complexity index is 1760. The summed E-state index contributed by atoms with van der Waals surface area (Å²) < 4.78 is 17.0. The number of methoxy groups -OCH3 is 3. The van der Waals surface area contributed by atoms with Crippen molar-refractivity contribution in [2.45, 2.75) is 39.2 Å². The lowest BCUT2D eigenvalue weighted by Crippen LogP contribution is -2.42. The Morgan fingerprint density at radius 1 is 0.978 bits per heavy atom. The van der Waals surface area contributed by atoms with E-state index in [1.54, 1.807) is 21.3 Å². The van der Waals surface area contributed by atoms with Crippen LogP contribution in [0.25, 0.3) is 10.9 Å². The molecule has 0 bridgehead atoms. The lowest BCUT2D eigenvalue weighted by molar-refractivity contribution is -0.120. The number of carbonyl (C=O) groups is 2. The molecule has 1 aromatic heterocycles. The molecule has 9 heteroatoms. The molecule has 0 saturated heterocycles. The molecule has 0 fully saturated rings. The maximum Gasteiger partial charge on any atom is 0.239 e. The number of aromatic nitrogens is 1. The van der Waals surface area contributed by atoms with Crippen molar-refractivity contribution >= 4 is 34.0 Å². The molecule has 234 valence electrons. The van der Waals surface area contributed by atoms with E-state index in [4.69, 9.17) is 14.2 Å². The van der Waals surface area contributed by atoms with Crippen molar-refractivity contribution in [1.29, 1.82) is 0 Å². The second kappa shape index (κ2) is 12.2. The first kappa shape index (κ1) is 30.1. The number of carbonyl (C=O) groups excluding carboxylic acids is 2. The monoisotopic (exact) mass is 608 g/mol. The molecule has 1 atom stereocenters. The molecule has 4 aromatic rings. The lowest BCUT2D eigenvalue weighted by Gasteiger charge is -2.38. The Balaban J connectivity index is 1.40. The first-order chi connectivity index (χ1) is 21.7. The highest BCUT2D eigenvalue weighted by Gasteiger charge is 2.42. The third kappa shape index (κ3) is 5.82. The number of hydrogen-bond donors (Lipinski definition) is 3. The zero-order valence-corrected chi connectivity index (χ0v) is 26.5. The highest BCUT2D eigenvalue weighted by atomic mass is 16.5. The first-order valence-electron chi connectivity index (χ1n) is 15.2. The van der Waals surface area contributed by atoms with Crippen LogP contribution in [0.3, 0.4) is 0 Å². The number of nitrogens with zero attached hydrogens (tertiary/aromatic N) is 1. The van der Waals surface area contributed by atoms with Crippen LogP contribution in [-0.2, 0) is 16.0 Å². The molecule has 0 radical (unpaired) electrons. The Morgan fingerprint density at radius 2 is 1.69 bits per heavy atom. The molecule has 0 spiro atoms. The Hall–Kier alpha value is -4.92. The minimum Gasteiger partial charge on any atom is -0.493 e. The van der Waals surface area contributed by atoms with Crippen molar-refractivity contribution in [2.24, 2.45) is 5.41 Å². The predicted molar refractivity (Wildman–Crippen MR) is 176 cm³/mol. The lowest BCUT2D eigenvalue weighted by atomic mass is 9.73. The summed E-state index contributed by atoms with van der Waals surface area (Å²) in [6.45, 7) is 4.73. The second-order valence-electron chi connectivity index (χ2n) is 12.4. The molecule has 1 amide bonds. The fourth-order valence-corrected chi connectivity index (χ4v) is 6.72. The van der Waals surface area contributed by atoms with Crippen LogP contribution in [0.5, 0.6) is 17.2 Å². The van der Waals surface area contributed by atoms with Crippen molar-refractivity contribution in [3.63, 3.8) is 0 Å².